The van der Waals surface area contributed by atoms with Crippen LogP contribution >= 0.6 is 0 Å². The van der Waals surface area contributed by atoms with E-state index in [0.717, 1.165) is 23.4 Å². The lowest BCUT2D eigenvalue weighted by atomic mass is 9.96. The normalized spacial score (nSPS) is 13.8. The van der Waals surface area contributed by atoms with E-state index in [2.05, 4.69) is 5.32 Å². The van der Waals surface area contributed by atoms with Crippen LogP contribution in [0.1, 0.15) is 32.3 Å². The number of hydrogen-bond donors (Lipinski definition) is 2. The number of hydrogen-bond acceptors (Lipinski definition) is 3. The van der Waals surface area contributed by atoms with Crippen LogP contribution in [0.4, 0.5) is 5.69 Å². The topological polar surface area (TPSA) is 64.4 Å². The molecule has 0 radical (unpaired) electrons. The van der Waals surface area contributed by atoms with Gasteiger partial charge >= 0.3 is 0 Å². The van der Waals surface area contributed by atoms with Crippen molar-refractivity contribution in [1.82, 2.24) is 0 Å². The second-order valence-electron chi connectivity index (χ2n) is 4.80. The van der Waals surface area contributed by atoms with Crippen molar-refractivity contribution in [3.63, 3.8) is 0 Å². The smallest absolute Gasteiger partial charge is 0.244 e. The molecular formula is C14H22N2O2. The molecule has 18 heavy (non-hydrogen) atoms. The summed E-state index contributed by atoms with van der Waals surface area (Å²) in [5, 5.41) is 2.87. The summed E-state index contributed by atoms with van der Waals surface area (Å²) in [6.07, 6.45) is 1.54. The van der Waals surface area contributed by atoms with E-state index in [0.29, 0.717) is 6.42 Å². The first-order chi connectivity index (χ1) is 8.40. The van der Waals surface area contributed by atoms with Gasteiger partial charge in [0.2, 0.25) is 5.91 Å². The van der Waals surface area contributed by atoms with Crippen molar-refractivity contribution in [3.8, 4) is 5.75 Å². The molecule has 0 bridgehead atoms. The van der Waals surface area contributed by atoms with Crippen molar-refractivity contribution in [2.45, 2.75) is 39.2 Å². The van der Waals surface area contributed by atoms with Gasteiger partial charge in [0.25, 0.3) is 0 Å². The number of nitrogens with one attached hydrogen (secondary N) is 1. The van der Waals surface area contributed by atoms with Gasteiger partial charge in [0.1, 0.15) is 5.75 Å². The molecule has 1 aromatic rings. The lowest BCUT2D eigenvalue weighted by molar-refractivity contribution is -0.120. The highest BCUT2D eigenvalue weighted by Gasteiger charge is 2.27. The van der Waals surface area contributed by atoms with Crippen molar-refractivity contribution in [3.05, 3.63) is 23.8 Å². The second-order valence-corrected chi connectivity index (χ2v) is 4.80. The van der Waals surface area contributed by atoms with Crippen molar-refractivity contribution in [2.75, 3.05) is 12.4 Å². The molecule has 1 amide bonds. The molecule has 0 aromatic heterocycles. The predicted octanol–water partition coefficient (Wildman–Crippen LogP) is 2.46. The van der Waals surface area contributed by atoms with Crippen LogP contribution in [0.3, 0.4) is 0 Å². The van der Waals surface area contributed by atoms with E-state index >= 15 is 0 Å². The number of aryl methyl sites for hydroxylation is 1. The van der Waals surface area contributed by atoms with Gasteiger partial charge in [-0.2, -0.15) is 0 Å². The monoisotopic (exact) mass is 250 g/mol. The summed E-state index contributed by atoms with van der Waals surface area (Å²) in [5.41, 5.74) is 6.88. The van der Waals surface area contributed by atoms with Gasteiger partial charge in [-0.15, -0.1) is 0 Å². The minimum Gasteiger partial charge on any atom is -0.497 e. The molecule has 4 heteroatoms. The molecule has 100 valence electrons. The number of amides is 1. The van der Waals surface area contributed by atoms with Crippen LogP contribution in [0.5, 0.6) is 5.75 Å². The lowest BCUT2D eigenvalue weighted by Gasteiger charge is -2.23. The Kier molecular flexibility index (Phi) is 4.73. The van der Waals surface area contributed by atoms with Crippen LogP contribution in [-0.2, 0) is 4.79 Å². The standard InChI is InChI=1S/C14H22N2O2/c1-5-8-14(3,15)13(17)16-12-7-6-11(18-4)9-10(12)2/h6-7,9H,5,8,15H2,1-4H3,(H,16,17). The fraction of sp³-hybridized carbons (Fsp3) is 0.500. The number of nitrogens with two attached hydrogens (primary N) is 1. The molecule has 0 fully saturated rings. The molecule has 1 rings (SSSR count). The van der Waals surface area contributed by atoms with E-state index in [1.54, 1.807) is 14.0 Å². The third kappa shape index (κ3) is 3.47. The Bertz CT molecular complexity index is 428. The molecule has 0 saturated heterocycles. The van der Waals surface area contributed by atoms with Crippen LogP contribution in [0.25, 0.3) is 0 Å². The van der Waals surface area contributed by atoms with Crippen LogP contribution in [0.15, 0.2) is 18.2 Å². The molecule has 1 atom stereocenters. The number of carbonyl (C=O) groups is 1. The summed E-state index contributed by atoms with van der Waals surface area (Å²) in [6.45, 7) is 5.69. The zero-order valence-corrected chi connectivity index (χ0v) is 11.5. The van der Waals surface area contributed by atoms with Crippen molar-refractivity contribution in [1.29, 1.82) is 0 Å². The molecule has 0 aliphatic rings. The Morgan fingerprint density at radius 3 is 2.67 bits per heavy atom. The maximum Gasteiger partial charge on any atom is 0.244 e. The van der Waals surface area contributed by atoms with E-state index < -0.39 is 5.54 Å². The third-order valence-corrected chi connectivity index (χ3v) is 2.97. The molecule has 0 spiro atoms. The van der Waals surface area contributed by atoms with Crippen LogP contribution < -0.4 is 15.8 Å². The zero-order valence-electron chi connectivity index (χ0n) is 11.5. The van der Waals surface area contributed by atoms with E-state index in [-0.39, 0.29) is 5.91 Å². The molecule has 0 heterocycles. The van der Waals surface area contributed by atoms with Gasteiger partial charge in [0.05, 0.1) is 12.6 Å². The number of methoxy groups -OCH3 is 1. The Balaban J connectivity index is 2.82. The maximum absolute atomic E-state index is 12.1. The van der Waals surface area contributed by atoms with Crippen molar-refractivity contribution >= 4 is 11.6 Å². The van der Waals surface area contributed by atoms with Crippen LogP contribution in [0, 0.1) is 6.92 Å². The SMILES string of the molecule is CCCC(C)(N)C(=O)Nc1ccc(OC)cc1C. The second kappa shape index (κ2) is 5.87. The first-order valence-corrected chi connectivity index (χ1v) is 6.15. The highest BCUT2D eigenvalue weighted by molar-refractivity contribution is 5.98. The van der Waals surface area contributed by atoms with Gasteiger partial charge in [0, 0.05) is 5.69 Å². The average Bonchev–Trinajstić information content (AvgIpc) is 2.31. The van der Waals surface area contributed by atoms with Crippen LogP contribution in [-0.4, -0.2) is 18.6 Å². The van der Waals surface area contributed by atoms with E-state index in [1.807, 2.05) is 32.0 Å². The Labute approximate surface area is 109 Å². The number of rotatable bonds is 5. The Hall–Kier alpha value is -1.55. The summed E-state index contributed by atoms with van der Waals surface area (Å²) in [7, 11) is 1.62. The number of ether oxygens (including phenoxy) is 1. The molecule has 4 nitrogen and oxygen atoms in total. The molecular weight excluding hydrogens is 228 g/mol. The zero-order chi connectivity index (χ0) is 13.8. The fourth-order valence-corrected chi connectivity index (χ4v) is 1.80. The summed E-state index contributed by atoms with van der Waals surface area (Å²) >= 11 is 0. The van der Waals surface area contributed by atoms with E-state index in [1.165, 1.54) is 0 Å². The van der Waals surface area contributed by atoms with Crippen molar-refractivity contribution in [2.24, 2.45) is 5.73 Å². The summed E-state index contributed by atoms with van der Waals surface area (Å²) in [6, 6.07) is 5.52. The molecule has 0 aliphatic carbocycles. The largest absolute Gasteiger partial charge is 0.497 e. The summed E-state index contributed by atoms with van der Waals surface area (Å²) in [4.78, 5) is 12.1. The first-order valence-electron chi connectivity index (χ1n) is 6.15. The first kappa shape index (κ1) is 14.5. The predicted molar refractivity (Wildman–Crippen MR) is 73.9 cm³/mol. The Morgan fingerprint density at radius 1 is 1.50 bits per heavy atom. The van der Waals surface area contributed by atoms with Gasteiger partial charge < -0.3 is 15.8 Å². The molecule has 0 aliphatic heterocycles. The molecule has 1 unspecified atom stereocenters. The van der Waals surface area contributed by atoms with Gasteiger partial charge in [-0.25, -0.2) is 0 Å². The third-order valence-electron chi connectivity index (χ3n) is 2.97. The van der Waals surface area contributed by atoms with E-state index in [4.69, 9.17) is 10.5 Å². The van der Waals surface area contributed by atoms with Crippen molar-refractivity contribution < 1.29 is 9.53 Å². The minimum absolute atomic E-state index is 0.155. The number of carbonyl (C=O) groups excluding carboxylic acids is 1. The van der Waals surface area contributed by atoms with Gasteiger partial charge in [-0.05, 0) is 44.0 Å². The fourth-order valence-electron chi connectivity index (χ4n) is 1.80. The molecule has 0 saturated carbocycles. The quantitative estimate of drug-likeness (QED) is 0.843. The van der Waals surface area contributed by atoms with Gasteiger partial charge in [-0.1, -0.05) is 13.3 Å². The van der Waals surface area contributed by atoms with Gasteiger partial charge in [-0.3, -0.25) is 4.79 Å². The lowest BCUT2D eigenvalue weighted by Crippen LogP contribution is -2.48. The van der Waals surface area contributed by atoms with Crippen LogP contribution in [0.2, 0.25) is 0 Å². The molecule has 3 N–H and O–H groups in total. The minimum atomic E-state index is -0.832. The van der Waals surface area contributed by atoms with E-state index in [9.17, 15) is 4.79 Å². The number of anilines is 1. The number of benzene rings is 1. The Morgan fingerprint density at radius 2 is 2.17 bits per heavy atom. The molecule has 1 aromatic carbocycles. The average molecular weight is 250 g/mol. The summed E-state index contributed by atoms with van der Waals surface area (Å²) < 4.78 is 5.12. The highest BCUT2D eigenvalue weighted by Crippen LogP contribution is 2.22. The highest BCUT2D eigenvalue weighted by atomic mass is 16.5. The summed E-state index contributed by atoms with van der Waals surface area (Å²) in [5.74, 6) is 0.618. The maximum atomic E-state index is 12.1. The van der Waals surface area contributed by atoms with Gasteiger partial charge in [0.15, 0.2) is 0 Å².